The van der Waals surface area contributed by atoms with Crippen molar-refractivity contribution < 1.29 is 48.7 Å². The monoisotopic (exact) mass is 658 g/mol. The van der Waals surface area contributed by atoms with E-state index in [-0.39, 0.29) is 19.4 Å². The molecule has 3 rings (SSSR count). The zero-order chi connectivity index (χ0) is 34.7. The predicted molar refractivity (Wildman–Crippen MR) is 169 cm³/mol. The number of nitrogens with two attached hydrogens (primary N) is 1. The van der Waals surface area contributed by atoms with Crippen molar-refractivity contribution >= 4 is 23.7 Å². The molecule has 7 N–H and O–H groups in total. The zero-order valence-electron chi connectivity index (χ0n) is 27.0. The number of amides is 3. The van der Waals surface area contributed by atoms with Crippen LogP contribution in [0.4, 0.5) is 0 Å². The molecule has 258 valence electrons. The van der Waals surface area contributed by atoms with Gasteiger partial charge in [0.1, 0.15) is 30.4 Å². The van der Waals surface area contributed by atoms with Gasteiger partial charge in [-0.25, -0.2) is 0 Å². The number of esters is 1. The van der Waals surface area contributed by atoms with E-state index < -0.39 is 85.2 Å². The zero-order valence-corrected chi connectivity index (χ0v) is 27.0. The van der Waals surface area contributed by atoms with Crippen molar-refractivity contribution in [2.24, 2.45) is 5.73 Å². The third-order valence-corrected chi connectivity index (χ3v) is 7.95. The van der Waals surface area contributed by atoms with Crippen molar-refractivity contribution in [1.29, 1.82) is 0 Å². The normalized spacial score (nSPS) is 22.9. The summed E-state index contributed by atoms with van der Waals surface area (Å²) in [5.41, 5.74) is 7.30. The summed E-state index contributed by atoms with van der Waals surface area (Å²) < 4.78 is 17.2. The number of nitrogens with zero attached hydrogens (tertiary/aromatic N) is 1. The van der Waals surface area contributed by atoms with E-state index in [1.807, 2.05) is 60.7 Å². The molecular formula is C33H46N4O10. The lowest BCUT2D eigenvalue weighted by atomic mass is 9.96. The van der Waals surface area contributed by atoms with Gasteiger partial charge in [-0.05, 0) is 38.4 Å². The highest BCUT2D eigenvalue weighted by molar-refractivity contribution is 5.89. The summed E-state index contributed by atoms with van der Waals surface area (Å²) in [6.07, 6.45) is -7.56. The lowest BCUT2D eigenvalue weighted by molar-refractivity contribution is -0.268. The van der Waals surface area contributed by atoms with Crippen molar-refractivity contribution in [2.75, 3.05) is 20.2 Å². The number of aliphatic hydroxyl groups excluding tert-OH is 3. The average molecular weight is 659 g/mol. The van der Waals surface area contributed by atoms with Gasteiger partial charge in [-0.15, -0.1) is 0 Å². The Morgan fingerprint density at radius 2 is 1.57 bits per heavy atom. The van der Waals surface area contributed by atoms with Crippen LogP contribution in [0, 0.1) is 0 Å². The highest BCUT2D eigenvalue weighted by atomic mass is 16.6. The van der Waals surface area contributed by atoms with Gasteiger partial charge in [0.05, 0.1) is 18.8 Å². The first-order chi connectivity index (χ1) is 22.4. The van der Waals surface area contributed by atoms with E-state index in [1.165, 1.54) is 11.8 Å². The molecule has 14 nitrogen and oxygen atoms in total. The van der Waals surface area contributed by atoms with Crippen LogP contribution in [0.25, 0.3) is 0 Å². The molecule has 1 saturated heterocycles. The third-order valence-electron chi connectivity index (χ3n) is 7.95. The van der Waals surface area contributed by atoms with Crippen molar-refractivity contribution in [2.45, 2.75) is 88.5 Å². The smallest absolute Gasteiger partial charge is 0.306 e. The Bertz CT molecular complexity index is 1280. The Morgan fingerprint density at radius 3 is 2.06 bits per heavy atom. The molecular weight excluding hydrogens is 612 g/mol. The van der Waals surface area contributed by atoms with Crippen LogP contribution in [0.3, 0.4) is 0 Å². The minimum Gasteiger partial charge on any atom is -0.453 e. The van der Waals surface area contributed by atoms with E-state index in [0.29, 0.717) is 0 Å². The molecule has 0 bridgehead atoms. The fourth-order valence-corrected chi connectivity index (χ4v) is 5.45. The van der Waals surface area contributed by atoms with Crippen LogP contribution in [0.15, 0.2) is 60.7 Å². The number of carbonyl (C=O) groups is 4. The Kier molecular flexibility index (Phi) is 14.3. The van der Waals surface area contributed by atoms with Crippen molar-refractivity contribution in [3.63, 3.8) is 0 Å². The highest BCUT2D eigenvalue weighted by Crippen LogP contribution is 2.27. The van der Waals surface area contributed by atoms with Crippen LogP contribution in [-0.4, -0.2) is 113 Å². The summed E-state index contributed by atoms with van der Waals surface area (Å²) in [5, 5.41) is 36.3. The van der Waals surface area contributed by atoms with Gasteiger partial charge in [-0.2, -0.15) is 0 Å². The quantitative estimate of drug-likeness (QED) is 0.129. The Hall–Kier alpha value is -3.92. The number of primary amides is 1. The minimum atomic E-state index is -1.61. The number of aliphatic hydroxyl groups is 3. The summed E-state index contributed by atoms with van der Waals surface area (Å²) in [7, 11) is 1.57. The molecule has 1 unspecified atom stereocenters. The first-order valence-corrected chi connectivity index (χ1v) is 15.5. The van der Waals surface area contributed by atoms with E-state index in [9.17, 15) is 34.5 Å². The fourth-order valence-electron chi connectivity index (χ4n) is 5.45. The molecule has 47 heavy (non-hydrogen) atoms. The lowest BCUT2D eigenvalue weighted by Crippen LogP contribution is -2.65. The van der Waals surface area contributed by atoms with Crippen LogP contribution in [0.5, 0.6) is 0 Å². The van der Waals surface area contributed by atoms with Crippen molar-refractivity contribution in [1.82, 2.24) is 15.5 Å². The summed E-state index contributed by atoms with van der Waals surface area (Å²) in [4.78, 5) is 52.6. The summed E-state index contributed by atoms with van der Waals surface area (Å²) in [5.74, 6) is -2.51. The summed E-state index contributed by atoms with van der Waals surface area (Å²) >= 11 is 0. The average Bonchev–Trinajstić information content (AvgIpc) is 3.06. The molecule has 0 spiro atoms. The molecule has 8 atom stereocenters. The SMILES string of the molecule is CN[C@@H](C)C(=O)N(CC(C)O[C@H]1[C@H](O)[C@@H](CO)O[C@H](O)[C@@H]1NC(C)=O)[C@H](CCC(=O)OC(c1ccccc1)c1ccccc1)C(N)=O. The predicted octanol–water partition coefficient (Wildman–Crippen LogP) is -0.261. The molecule has 2 aromatic rings. The Labute approximate surface area is 274 Å². The van der Waals surface area contributed by atoms with E-state index in [0.717, 1.165) is 11.1 Å². The highest BCUT2D eigenvalue weighted by Gasteiger charge is 2.46. The number of hydrogen-bond acceptors (Lipinski definition) is 11. The third kappa shape index (κ3) is 10.3. The maximum Gasteiger partial charge on any atom is 0.306 e. The number of ether oxygens (including phenoxy) is 3. The number of nitrogens with one attached hydrogen (secondary N) is 2. The van der Waals surface area contributed by atoms with Crippen LogP contribution in [0.1, 0.15) is 50.8 Å². The van der Waals surface area contributed by atoms with Crippen molar-refractivity contribution in [3.05, 3.63) is 71.8 Å². The van der Waals surface area contributed by atoms with Crippen LogP contribution in [0.2, 0.25) is 0 Å². The molecule has 1 aliphatic heterocycles. The largest absolute Gasteiger partial charge is 0.453 e. The van der Waals surface area contributed by atoms with Gasteiger partial charge in [-0.1, -0.05) is 60.7 Å². The maximum absolute atomic E-state index is 13.5. The Balaban J connectivity index is 1.80. The summed E-state index contributed by atoms with van der Waals surface area (Å²) in [6, 6.07) is 15.2. The van der Waals surface area contributed by atoms with E-state index >= 15 is 0 Å². The first kappa shape index (κ1) is 37.5. The van der Waals surface area contributed by atoms with Crippen LogP contribution < -0.4 is 16.4 Å². The minimum absolute atomic E-state index is 0.154. The number of carbonyl (C=O) groups excluding carboxylic acids is 4. The topological polar surface area (TPSA) is 210 Å². The second-order valence-corrected chi connectivity index (χ2v) is 11.5. The molecule has 2 aromatic carbocycles. The van der Waals surface area contributed by atoms with Gasteiger partial charge >= 0.3 is 5.97 Å². The standard InChI is InChI=1S/C33H46N4O10/c1-19(45-30-27(36-21(3)39)33(44)46-25(18-38)28(30)41)17-37(32(43)20(2)35-4)24(31(34)42)15-16-26(40)47-29(22-11-7-5-8-12-22)23-13-9-6-10-14-23/h5-14,19-20,24-25,27-30,33,35,38,41,44H,15-18H2,1-4H3,(H2,34,42)(H,36,39)/t19?,20-,24+,25+,27+,28+,30+,33-/m0/s1. The summed E-state index contributed by atoms with van der Waals surface area (Å²) in [6.45, 7) is 3.50. The molecule has 3 amide bonds. The molecule has 14 heteroatoms. The number of hydrogen-bond donors (Lipinski definition) is 6. The molecule has 1 aliphatic rings. The molecule has 0 radical (unpaired) electrons. The molecule has 1 heterocycles. The first-order valence-electron chi connectivity index (χ1n) is 15.5. The lowest BCUT2D eigenvalue weighted by Gasteiger charge is -2.44. The molecule has 1 fully saturated rings. The number of likely N-dealkylation sites (N-methyl/N-ethyl adjacent to an activating group) is 1. The van der Waals surface area contributed by atoms with Crippen LogP contribution >= 0.6 is 0 Å². The van der Waals surface area contributed by atoms with E-state index in [1.54, 1.807) is 20.9 Å². The molecule has 0 saturated carbocycles. The number of rotatable bonds is 16. The van der Waals surface area contributed by atoms with Gasteiger partial charge < -0.3 is 50.8 Å². The molecule has 0 aromatic heterocycles. The maximum atomic E-state index is 13.5. The fraction of sp³-hybridized carbons (Fsp3) is 0.515. The number of benzene rings is 2. The van der Waals surface area contributed by atoms with Gasteiger partial charge in [0, 0.05) is 19.9 Å². The second-order valence-electron chi connectivity index (χ2n) is 11.5. The second kappa shape index (κ2) is 17.8. The van der Waals surface area contributed by atoms with E-state index in [2.05, 4.69) is 10.6 Å². The van der Waals surface area contributed by atoms with Gasteiger partial charge in [0.25, 0.3) is 0 Å². The molecule has 0 aliphatic carbocycles. The van der Waals surface area contributed by atoms with Gasteiger partial charge in [0.15, 0.2) is 12.4 Å². The van der Waals surface area contributed by atoms with Gasteiger partial charge in [0.2, 0.25) is 17.7 Å². The van der Waals surface area contributed by atoms with Gasteiger partial charge in [-0.3, -0.25) is 19.2 Å². The van der Waals surface area contributed by atoms with Crippen molar-refractivity contribution in [3.8, 4) is 0 Å². The van der Waals surface area contributed by atoms with Crippen LogP contribution in [-0.2, 0) is 33.4 Å². The Morgan fingerprint density at radius 1 is 1.00 bits per heavy atom. The van der Waals surface area contributed by atoms with E-state index in [4.69, 9.17) is 19.9 Å².